The van der Waals surface area contributed by atoms with Crippen LogP contribution in [-0.2, 0) is 9.59 Å². The van der Waals surface area contributed by atoms with E-state index in [1.807, 2.05) is 6.07 Å². The molecule has 1 aromatic heterocycles. The number of benzene rings is 1. The fraction of sp³-hybridized carbons (Fsp3) is 0.133. The number of hydrogen-bond donors (Lipinski definition) is 0. The zero-order valence-corrected chi connectivity index (χ0v) is 10.7. The Morgan fingerprint density at radius 1 is 1.05 bits per heavy atom. The van der Waals surface area contributed by atoms with E-state index in [0.29, 0.717) is 17.2 Å². The van der Waals surface area contributed by atoms with E-state index >= 15 is 0 Å². The number of Topliss-reactive ketones (excluding diaryl/α,β-unsaturated/α-hetero) is 1. The summed E-state index contributed by atoms with van der Waals surface area (Å²) in [6, 6.07) is 10.7. The molecule has 0 unspecified atom stereocenters. The molecule has 1 aliphatic heterocycles. The third-order valence-corrected chi connectivity index (χ3v) is 3.00. The lowest BCUT2D eigenvalue weighted by molar-refractivity contribution is -0.121. The van der Waals surface area contributed by atoms with Crippen molar-refractivity contribution in [2.24, 2.45) is 0 Å². The molecule has 1 aliphatic rings. The first-order valence-electron chi connectivity index (χ1n) is 6.22. The zero-order chi connectivity index (χ0) is 13.9. The van der Waals surface area contributed by atoms with Crippen LogP contribution in [0.3, 0.4) is 0 Å². The van der Waals surface area contributed by atoms with Crippen LogP contribution in [0.15, 0.2) is 48.8 Å². The van der Waals surface area contributed by atoms with Crippen LogP contribution < -0.4 is 9.64 Å². The van der Waals surface area contributed by atoms with E-state index in [0.717, 1.165) is 0 Å². The van der Waals surface area contributed by atoms with Crippen molar-refractivity contribution in [2.45, 2.75) is 6.42 Å². The quantitative estimate of drug-likeness (QED) is 0.800. The van der Waals surface area contributed by atoms with Gasteiger partial charge < -0.3 is 9.64 Å². The van der Waals surface area contributed by atoms with E-state index in [2.05, 4.69) is 4.98 Å². The van der Waals surface area contributed by atoms with Crippen molar-refractivity contribution in [2.75, 3.05) is 11.4 Å². The molecule has 1 fully saturated rings. The van der Waals surface area contributed by atoms with Gasteiger partial charge in [-0.05, 0) is 36.4 Å². The maximum Gasteiger partial charge on any atom is 0.234 e. The third kappa shape index (κ3) is 2.51. The number of ketones is 1. The summed E-state index contributed by atoms with van der Waals surface area (Å²) in [5.74, 6) is 1.09. The summed E-state index contributed by atoms with van der Waals surface area (Å²) in [5, 5.41) is 0. The molecule has 0 bridgehead atoms. The molecular formula is C15H12N2O3. The van der Waals surface area contributed by atoms with Gasteiger partial charge >= 0.3 is 0 Å². The van der Waals surface area contributed by atoms with Crippen molar-refractivity contribution in [3.05, 3.63) is 48.8 Å². The van der Waals surface area contributed by atoms with Crippen molar-refractivity contribution in [1.29, 1.82) is 0 Å². The summed E-state index contributed by atoms with van der Waals surface area (Å²) < 4.78 is 5.61. The Bertz CT molecular complexity index is 638. The third-order valence-electron chi connectivity index (χ3n) is 3.00. The molecule has 0 aliphatic carbocycles. The van der Waals surface area contributed by atoms with Crippen LogP contribution in [0.1, 0.15) is 6.42 Å². The lowest BCUT2D eigenvalue weighted by atomic mass is 10.3. The molecular weight excluding hydrogens is 256 g/mol. The lowest BCUT2D eigenvalue weighted by Gasteiger charge is -2.15. The minimum absolute atomic E-state index is 0.00602. The minimum atomic E-state index is -0.157. The molecule has 100 valence electrons. The van der Waals surface area contributed by atoms with Crippen molar-refractivity contribution >= 4 is 17.4 Å². The molecule has 5 nitrogen and oxygen atoms in total. The highest BCUT2D eigenvalue weighted by Crippen LogP contribution is 2.25. The van der Waals surface area contributed by atoms with Crippen molar-refractivity contribution in [3.8, 4) is 11.5 Å². The van der Waals surface area contributed by atoms with Crippen LogP contribution in [0.4, 0.5) is 5.69 Å². The molecule has 1 aromatic carbocycles. The predicted molar refractivity (Wildman–Crippen MR) is 72.7 cm³/mol. The monoisotopic (exact) mass is 268 g/mol. The number of amides is 1. The Labute approximate surface area is 115 Å². The Morgan fingerprint density at radius 3 is 2.45 bits per heavy atom. The van der Waals surface area contributed by atoms with Gasteiger partial charge in [-0.1, -0.05) is 0 Å². The van der Waals surface area contributed by atoms with Crippen molar-refractivity contribution in [3.63, 3.8) is 0 Å². The molecule has 0 atom stereocenters. The second kappa shape index (κ2) is 5.13. The summed E-state index contributed by atoms with van der Waals surface area (Å²) in [7, 11) is 0. The average Bonchev–Trinajstić information content (AvgIpc) is 2.80. The molecule has 2 aromatic rings. The highest BCUT2D eigenvalue weighted by molar-refractivity contribution is 6.15. The lowest BCUT2D eigenvalue weighted by Crippen LogP contribution is -2.24. The SMILES string of the molecule is O=C1CC(=O)N(c2ccc(Oc3cccnc3)cc2)C1. The van der Waals surface area contributed by atoms with Gasteiger partial charge in [0.05, 0.1) is 19.2 Å². The number of anilines is 1. The average molecular weight is 268 g/mol. The Kier molecular flexibility index (Phi) is 3.16. The second-order valence-corrected chi connectivity index (χ2v) is 4.48. The topological polar surface area (TPSA) is 59.5 Å². The number of pyridine rings is 1. The maximum atomic E-state index is 11.6. The first-order chi connectivity index (χ1) is 9.72. The number of rotatable bonds is 3. The molecule has 1 amide bonds. The zero-order valence-electron chi connectivity index (χ0n) is 10.7. The standard InChI is InChI=1S/C15H12N2O3/c18-12-8-15(19)17(10-12)11-3-5-13(6-4-11)20-14-2-1-7-16-9-14/h1-7,9H,8,10H2. The molecule has 0 N–H and O–H groups in total. The van der Waals surface area contributed by atoms with Gasteiger partial charge in [0.1, 0.15) is 11.5 Å². The van der Waals surface area contributed by atoms with Crippen LogP contribution in [0.5, 0.6) is 11.5 Å². The van der Waals surface area contributed by atoms with Crippen molar-refractivity contribution < 1.29 is 14.3 Å². The van der Waals surface area contributed by atoms with Crippen LogP contribution in [0.25, 0.3) is 0 Å². The Balaban J connectivity index is 1.75. The van der Waals surface area contributed by atoms with Crippen LogP contribution in [0.2, 0.25) is 0 Å². The molecule has 1 saturated heterocycles. The van der Waals surface area contributed by atoms with Gasteiger partial charge in [-0.15, -0.1) is 0 Å². The molecule has 0 radical (unpaired) electrons. The minimum Gasteiger partial charge on any atom is -0.456 e. The van der Waals surface area contributed by atoms with Gasteiger partial charge in [0.2, 0.25) is 5.91 Å². The summed E-state index contributed by atoms with van der Waals surface area (Å²) in [6.45, 7) is 0.154. The number of nitrogens with zero attached hydrogens (tertiary/aromatic N) is 2. The first kappa shape index (κ1) is 12.3. The molecule has 5 heteroatoms. The Hall–Kier alpha value is -2.69. The highest BCUT2D eigenvalue weighted by atomic mass is 16.5. The van der Waals surface area contributed by atoms with Gasteiger partial charge in [-0.3, -0.25) is 14.6 Å². The highest BCUT2D eigenvalue weighted by Gasteiger charge is 2.28. The predicted octanol–water partition coefficient (Wildman–Crippen LogP) is 2.18. The van der Waals surface area contributed by atoms with Crippen LogP contribution in [0, 0.1) is 0 Å². The van der Waals surface area contributed by atoms with E-state index in [1.165, 1.54) is 4.90 Å². The van der Waals surface area contributed by atoms with E-state index in [1.54, 1.807) is 42.7 Å². The van der Waals surface area contributed by atoms with Crippen LogP contribution >= 0.6 is 0 Å². The molecule has 20 heavy (non-hydrogen) atoms. The number of carbonyl (C=O) groups excluding carboxylic acids is 2. The second-order valence-electron chi connectivity index (χ2n) is 4.48. The summed E-state index contributed by atoms with van der Waals surface area (Å²) in [4.78, 5) is 28.3. The number of aromatic nitrogens is 1. The summed E-state index contributed by atoms with van der Waals surface area (Å²) in [6.07, 6.45) is 3.29. The van der Waals surface area contributed by atoms with Gasteiger partial charge in [0.15, 0.2) is 5.78 Å². The molecule has 2 heterocycles. The maximum absolute atomic E-state index is 11.6. The van der Waals surface area contributed by atoms with E-state index in [9.17, 15) is 9.59 Å². The normalized spacial score (nSPS) is 14.7. The van der Waals surface area contributed by atoms with Gasteiger partial charge in [0.25, 0.3) is 0 Å². The molecule has 3 rings (SSSR count). The van der Waals surface area contributed by atoms with Gasteiger partial charge in [0, 0.05) is 11.9 Å². The molecule has 0 spiro atoms. The molecule has 0 saturated carbocycles. The van der Waals surface area contributed by atoms with E-state index in [-0.39, 0.29) is 24.7 Å². The smallest absolute Gasteiger partial charge is 0.234 e. The summed E-state index contributed by atoms with van der Waals surface area (Å²) >= 11 is 0. The van der Waals surface area contributed by atoms with Gasteiger partial charge in [-0.2, -0.15) is 0 Å². The fourth-order valence-corrected chi connectivity index (χ4v) is 2.06. The largest absolute Gasteiger partial charge is 0.456 e. The number of hydrogen-bond acceptors (Lipinski definition) is 4. The summed E-state index contributed by atoms with van der Waals surface area (Å²) in [5.41, 5.74) is 0.708. The van der Waals surface area contributed by atoms with Crippen molar-refractivity contribution in [1.82, 2.24) is 4.98 Å². The first-order valence-corrected chi connectivity index (χ1v) is 6.22. The van der Waals surface area contributed by atoms with E-state index in [4.69, 9.17) is 4.74 Å². The van der Waals surface area contributed by atoms with Gasteiger partial charge in [-0.25, -0.2) is 0 Å². The number of carbonyl (C=O) groups is 2. The van der Waals surface area contributed by atoms with Crippen LogP contribution in [-0.4, -0.2) is 23.2 Å². The van der Waals surface area contributed by atoms with E-state index < -0.39 is 0 Å². The number of ether oxygens (including phenoxy) is 1. The Morgan fingerprint density at radius 2 is 1.85 bits per heavy atom. The fourth-order valence-electron chi connectivity index (χ4n) is 2.06.